The number of rotatable bonds is 1. The first kappa shape index (κ1) is 9.93. The van der Waals surface area contributed by atoms with Crippen molar-refractivity contribution in [2.24, 2.45) is 0 Å². The number of benzene rings is 1. The van der Waals surface area contributed by atoms with Crippen LogP contribution in [0.15, 0.2) is 42.1 Å². The van der Waals surface area contributed by atoms with Crippen molar-refractivity contribution >= 4 is 23.6 Å². The molecule has 0 N–H and O–H groups in total. The number of ether oxygens (including phenoxy) is 2. The van der Waals surface area contributed by atoms with E-state index in [2.05, 4.69) is 0 Å². The first-order chi connectivity index (χ1) is 7.75. The van der Waals surface area contributed by atoms with Crippen molar-refractivity contribution in [1.82, 2.24) is 8.84 Å². The van der Waals surface area contributed by atoms with Crippen LogP contribution in [-0.2, 0) is 9.47 Å². The van der Waals surface area contributed by atoms with Crippen LogP contribution in [0.4, 0.5) is 0 Å². The van der Waals surface area contributed by atoms with E-state index in [1.54, 1.807) is 0 Å². The zero-order chi connectivity index (χ0) is 11.1. The number of hydrogen-bond acceptors (Lipinski definition) is 4. The van der Waals surface area contributed by atoms with Crippen molar-refractivity contribution in [3.63, 3.8) is 0 Å². The Balaban J connectivity index is 1.82. The fourth-order valence-electron chi connectivity index (χ4n) is 1.63. The van der Waals surface area contributed by atoms with Crippen molar-refractivity contribution in [1.29, 1.82) is 0 Å². The van der Waals surface area contributed by atoms with Crippen molar-refractivity contribution in [2.75, 3.05) is 6.67 Å². The van der Waals surface area contributed by atoms with E-state index in [0.717, 1.165) is 5.56 Å². The molecule has 0 bridgehead atoms. The summed E-state index contributed by atoms with van der Waals surface area (Å²) in [5.74, 6) is 0.927. The van der Waals surface area contributed by atoms with Crippen LogP contribution in [-0.4, -0.2) is 15.5 Å². The third kappa shape index (κ3) is 1.45. The van der Waals surface area contributed by atoms with Crippen molar-refractivity contribution < 1.29 is 9.47 Å². The molecule has 0 aliphatic carbocycles. The Morgan fingerprint density at radius 3 is 2.12 bits per heavy atom. The highest BCUT2D eigenvalue weighted by molar-refractivity contribution is 6.17. The van der Waals surface area contributed by atoms with Gasteiger partial charge in [0.25, 0.3) is 18.1 Å². The highest BCUT2D eigenvalue weighted by Crippen LogP contribution is 2.41. The van der Waals surface area contributed by atoms with E-state index >= 15 is 0 Å². The average Bonchev–Trinajstić information content (AvgIpc) is 2.83. The third-order valence-corrected chi connectivity index (χ3v) is 2.90. The van der Waals surface area contributed by atoms with Gasteiger partial charge < -0.3 is 9.47 Å². The molecule has 0 fully saturated rings. The van der Waals surface area contributed by atoms with E-state index in [0.29, 0.717) is 18.4 Å². The molecule has 4 nitrogen and oxygen atoms in total. The summed E-state index contributed by atoms with van der Waals surface area (Å²) in [5, 5.41) is 0. The van der Waals surface area contributed by atoms with Gasteiger partial charge in [0.15, 0.2) is 0 Å². The fraction of sp³-hybridized carbons (Fsp3) is 0.200. The fourth-order valence-corrected chi connectivity index (χ4v) is 2.13. The average molecular weight is 259 g/mol. The molecule has 84 valence electrons. The van der Waals surface area contributed by atoms with Crippen LogP contribution in [0.25, 0.3) is 0 Å². The lowest BCUT2D eigenvalue weighted by Crippen LogP contribution is -2.18. The van der Waals surface area contributed by atoms with Gasteiger partial charge in [0.2, 0.25) is 0 Å². The summed E-state index contributed by atoms with van der Waals surface area (Å²) in [6.07, 6.45) is -0.478. The molecule has 16 heavy (non-hydrogen) atoms. The molecule has 2 heterocycles. The molecule has 0 spiro atoms. The topological polar surface area (TPSA) is 24.9 Å². The minimum atomic E-state index is -0.478. The first-order valence-electron chi connectivity index (χ1n) is 4.75. The molecular formula is C10H8Cl2N2O2. The summed E-state index contributed by atoms with van der Waals surface area (Å²) in [6, 6.07) is 9.61. The Morgan fingerprint density at radius 1 is 1.00 bits per heavy atom. The maximum Gasteiger partial charge on any atom is 0.273 e. The molecule has 2 aliphatic heterocycles. The summed E-state index contributed by atoms with van der Waals surface area (Å²) in [5.41, 5.74) is 0.923. The molecular weight excluding hydrogens is 251 g/mol. The maximum atomic E-state index is 5.91. The largest absolute Gasteiger partial charge is 0.429 e. The smallest absolute Gasteiger partial charge is 0.273 e. The molecule has 0 saturated heterocycles. The van der Waals surface area contributed by atoms with Gasteiger partial charge in [-0.05, 0) is 0 Å². The zero-order valence-corrected chi connectivity index (χ0v) is 9.65. The van der Waals surface area contributed by atoms with Gasteiger partial charge in [-0.15, -0.1) is 0 Å². The van der Waals surface area contributed by atoms with Crippen LogP contribution in [0.1, 0.15) is 11.9 Å². The Hall–Kier alpha value is -1.26. The molecule has 0 radical (unpaired) electrons. The van der Waals surface area contributed by atoms with Gasteiger partial charge in [-0.25, -0.2) is 8.84 Å². The van der Waals surface area contributed by atoms with Gasteiger partial charge in [0.1, 0.15) is 6.67 Å². The SMILES string of the molecule is ClN1CN(Cl)C2=C1OC(c1ccccc1)O2. The number of halogens is 2. The highest BCUT2D eigenvalue weighted by atomic mass is 35.5. The van der Waals surface area contributed by atoms with Crippen LogP contribution >= 0.6 is 23.6 Å². The van der Waals surface area contributed by atoms with E-state index in [-0.39, 0.29) is 0 Å². The summed E-state index contributed by atoms with van der Waals surface area (Å²) in [7, 11) is 0. The molecule has 0 aromatic heterocycles. The standard InChI is InChI=1S/C10H8Cl2N2O2/c11-13-6-14(12)9-8(13)15-10(16-9)7-4-2-1-3-5-7/h1-5,10H,6H2. The molecule has 0 amide bonds. The summed E-state index contributed by atoms with van der Waals surface area (Å²) >= 11 is 11.8. The van der Waals surface area contributed by atoms with Crippen LogP contribution in [0.2, 0.25) is 0 Å². The van der Waals surface area contributed by atoms with Gasteiger partial charge in [-0.2, -0.15) is 0 Å². The van der Waals surface area contributed by atoms with Crippen LogP contribution < -0.4 is 0 Å². The second kappa shape index (κ2) is 3.64. The second-order valence-electron chi connectivity index (χ2n) is 3.45. The molecule has 2 aliphatic rings. The quantitative estimate of drug-likeness (QED) is 0.724. The van der Waals surface area contributed by atoms with Crippen molar-refractivity contribution in [3.05, 3.63) is 47.7 Å². The van der Waals surface area contributed by atoms with Crippen LogP contribution in [0.5, 0.6) is 0 Å². The van der Waals surface area contributed by atoms with Gasteiger partial charge in [0, 0.05) is 29.1 Å². The van der Waals surface area contributed by atoms with Crippen molar-refractivity contribution in [2.45, 2.75) is 6.29 Å². The van der Waals surface area contributed by atoms with Gasteiger partial charge in [0.05, 0.1) is 0 Å². The van der Waals surface area contributed by atoms with E-state index in [1.165, 1.54) is 8.84 Å². The minimum absolute atomic E-state index is 0.343. The zero-order valence-electron chi connectivity index (χ0n) is 8.14. The Kier molecular flexibility index (Phi) is 2.26. The van der Waals surface area contributed by atoms with E-state index < -0.39 is 6.29 Å². The number of nitrogens with zero attached hydrogens (tertiary/aromatic N) is 2. The molecule has 1 aromatic rings. The van der Waals surface area contributed by atoms with Crippen molar-refractivity contribution in [3.8, 4) is 0 Å². The minimum Gasteiger partial charge on any atom is -0.429 e. The Bertz CT molecular complexity index is 418. The summed E-state index contributed by atoms with van der Waals surface area (Å²) < 4.78 is 13.9. The molecule has 0 unspecified atom stereocenters. The molecule has 0 atom stereocenters. The van der Waals surface area contributed by atoms with Gasteiger partial charge in [-0.1, -0.05) is 30.3 Å². The monoisotopic (exact) mass is 258 g/mol. The molecule has 0 saturated carbocycles. The predicted octanol–water partition coefficient (Wildman–Crippen LogP) is 2.74. The second-order valence-corrected chi connectivity index (χ2v) is 4.27. The van der Waals surface area contributed by atoms with E-state index in [4.69, 9.17) is 33.0 Å². The molecule has 6 heteroatoms. The molecule has 3 rings (SSSR count). The highest BCUT2D eigenvalue weighted by Gasteiger charge is 2.40. The third-order valence-electron chi connectivity index (χ3n) is 2.38. The van der Waals surface area contributed by atoms with Gasteiger partial charge in [-0.3, -0.25) is 0 Å². The van der Waals surface area contributed by atoms with E-state index in [1.807, 2.05) is 30.3 Å². The Morgan fingerprint density at radius 2 is 1.56 bits per heavy atom. The lowest BCUT2D eigenvalue weighted by Gasteiger charge is -2.19. The van der Waals surface area contributed by atoms with E-state index in [9.17, 15) is 0 Å². The predicted molar refractivity (Wildman–Crippen MR) is 58.6 cm³/mol. The maximum absolute atomic E-state index is 5.91. The van der Waals surface area contributed by atoms with Gasteiger partial charge >= 0.3 is 0 Å². The first-order valence-corrected chi connectivity index (χ1v) is 5.42. The Labute approximate surface area is 103 Å². The normalized spacial score (nSPS) is 19.9. The molecule has 1 aromatic carbocycles. The lowest BCUT2D eigenvalue weighted by molar-refractivity contribution is -0.0704. The van der Waals surface area contributed by atoms with Crippen LogP contribution in [0, 0.1) is 0 Å². The summed E-state index contributed by atoms with van der Waals surface area (Å²) in [6.45, 7) is 0.343. The van der Waals surface area contributed by atoms with Crippen LogP contribution in [0.3, 0.4) is 0 Å². The number of hydrogen-bond donors (Lipinski definition) is 0. The lowest BCUT2D eigenvalue weighted by atomic mass is 10.2. The summed E-state index contributed by atoms with van der Waals surface area (Å²) in [4.78, 5) is 0.